The van der Waals surface area contributed by atoms with Crippen molar-refractivity contribution in [2.45, 2.75) is 129 Å². The smallest absolute Gasteiger partial charge is 0.251 e. The van der Waals surface area contributed by atoms with Crippen LogP contribution in [0.1, 0.15) is 137 Å². The summed E-state index contributed by atoms with van der Waals surface area (Å²) >= 11 is 0. The van der Waals surface area contributed by atoms with Crippen LogP contribution in [0.3, 0.4) is 0 Å². The summed E-state index contributed by atoms with van der Waals surface area (Å²) in [5.41, 5.74) is 12.0. The number of amides is 4. The van der Waals surface area contributed by atoms with Crippen molar-refractivity contribution in [1.82, 2.24) is 21.3 Å². The van der Waals surface area contributed by atoms with Crippen LogP contribution in [0, 0.1) is 0 Å². The van der Waals surface area contributed by atoms with Gasteiger partial charge in [-0.05, 0) is 88.7 Å². The summed E-state index contributed by atoms with van der Waals surface area (Å²) in [6, 6.07) is 4.93. The summed E-state index contributed by atoms with van der Waals surface area (Å²) in [4.78, 5) is 51.8. The van der Waals surface area contributed by atoms with Gasteiger partial charge in [-0.15, -0.1) is 0 Å². The van der Waals surface area contributed by atoms with Gasteiger partial charge in [-0.1, -0.05) is 65.2 Å². The van der Waals surface area contributed by atoms with E-state index in [-0.39, 0.29) is 23.6 Å². The lowest BCUT2D eigenvalue weighted by Crippen LogP contribution is -2.47. The van der Waals surface area contributed by atoms with Crippen molar-refractivity contribution in [2.75, 3.05) is 26.2 Å². The Bertz CT molecular complexity index is 865. The van der Waals surface area contributed by atoms with Gasteiger partial charge in [-0.25, -0.2) is 0 Å². The van der Waals surface area contributed by atoms with Gasteiger partial charge >= 0.3 is 0 Å². The SMILES string of the molecule is CCCCCCCNC(=O)[C@H](CCCCN)NC(=O)c1ccc(C(=O)N[C@@H](CCCCN)C(=O)NCCCCCCC)cc1. The molecule has 10 heteroatoms. The molecule has 2 atom stereocenters. The molecule has 4 amide bonds. The van der Waals surface area contributed by atoms with E-state index >= 15 is 0 Å². The lowest BCUT2D eigenvalue weighted by Gasteiger charge is -2.19. The number of rotatable bonds is 26. The molecule has 1 aromatic carbocycles. The topological polar surface area (TPSA) is 168 Å². The minimum Gasteiger partial charge on any atom is -0.354 e. The van der Waals surface area contributed by atoms with Gasteiger partial charge in [-0.3, -0.25) is 19.2 Å². The Kier molecular flexibility index (Phi) is 22.5. The van der Waals surface area contributed by atoms with Crippen LogP contribution in [0.2, 0.25) is 0 Å². The third-order valence-corrected chi connectivity index (χ3v) is 7.71. The first-order chi connectivity index (χ1) is 21.4. The maximum Gasteiger partial charge on any atom is 0.251 e. The van der Waals surface area contributed by atoms with E-state index in [1.54, 1.807) is 24.3 Å². The first kappa shape index (κ1) is 39.0. The van der Waals surface area contributed by atoms with Crippen LogP contribution < -0.4 is 32.7 Å². The number of nitrogens with one attached hydrogen (secondary N) is 4. The number of nitrogens with two attached hydrogens (primary N) is 2. The maximum atomic E-state index is 13.0. The second kappa shape index (κ2) is 25.4. The zero-order valence-electron chi connectivity index (χ0n) is 27.4. The van der Waals surface area contributed by atoms with Crippen molar-refractivity contribution in [2.24, 2.45) is 11.5 Å². The Balaban J connectivity index is 2.75. The van der Waals surface area contributed by atoms with E-state index in [1.165, 1.54) is 25.7 Å². The quantitative estimate of drug-likeness (QED) is 0.0848. The van der Waals surface area contributed by atoms with Crippen LogP contribution in [0.15, 0.2) is 24.3 Å². The lowest BCUT2D eigenvalue weighted by atomic mass is 10.1. The van der Waals surface area contributed by atoms with E-state index in [0.717, 1.165) is 64.2 Å². The van der Waals surface area contributed by atoms with Crippen molar-refractivity contribution < 1.29 is 19.2 Å². The summed E-state index contributed by atoms with van der Waals surface area (Å²) in [6.45, 7) is 6.55. The molecule has 0 aliphatic carbocycles. The molecule has 0 unspecified atom stereocenters. The molecule has 0 saturated heterocycles. The summed E-state index contributed by atoms with van der Waals surface area (Å²) in [5.74, 6) is -1.15. The average Bonchev–Trinajstić information content (AvgIpc) is 3.03. The zero-order chi connectivity index (χ0) is 32.4. The molecule has 8 N–H and O–H groups in total. The fraction of sp³-hybridized carbons (Fsp3) is 0.706. The highest BCUT2D eigenvalue weighted by atomic mass is 16.2. The normalized spacial score (nSPS) is 12.3. The molecule has 10 nitrogen and oxygen atoms in total. The lowest BCUT2D eigenvalue weighted by molar-refractivity contribution is -0.123. The molecule has 0 bridgehead atoms. The largest absolute Gasteiger partial charge is 0.354 e. The maximum absolute atomic E-state index is 13.0. The predicted molar refractivity (Wildman–Crippen MR) is 178 cm³/mol. The summed E-state index contributed by atoms with van der Waals surface area (Å²) in [7, 11) is 0. The molecule has 0 spiro atoms. The highest BCUT2D eigenvalue weighted by Gasteiger charge is 2.23. The van der Waals surface area contributed by atoms with Crippen LogP contribution in [-0.2, 0) is 9.59 Å². The summed E-state index contributed by atoms with van der Waals surface area (Å²) < 4.78 is 0. The van der Waals surface area contributed by atoms with Gasteiger partial charge in [-0.2, -0.15) is 0 Å². The Hall–Kier alpha value is -2.98. The molecular weight excluding hydrogens is 556 g/mol. The number of unbranched alkanes of at least 4 members (excludes halogenated alkanes) is 10. The third-order valence-electron chi connectivity index (χ3n) is 7.71. The molecule has 1 rings (SSSR count). The first-order valence-electron chi connectivity index (χ1n) is 17.0. The molecule has 44 heavy (non-hydrogen) atoms. The van der Waals surface area contributed by atoms with Gasteiger partial charge in [0, 0.05) is 24.2 Å². The molecule has 0 fully saturated rings. The van der Waals surface area contributed by atoms with E-state index in [9.17, 15) is 19.2 Å². The van der Waals surface area contributed by atoms with Crippen molar-refractivity contribution in [3.05, 3.63) is 35.4 Å². The van der Waals surface area contributed by atoms with Crippen molar-refractivity contribution >= 4 is 23.6 Å². The minimum absolute atomic E-state index is 0.193. The van der Waals surface area contributed by atoms with E-state index in [1.807, 2.05) is 0 Å². The Labute approximate surface area is 265 Å². The molecule has 1 aromatic rings. The summed E-state index contributed by atoms with van der Waals surface area (Å²) in [6.07, 6.45) is 15.0. The van der Waals surface area contributed by atoms with Gasteiger partial charge in [0.1, 0.15) is 12.1 Å². The molecular formula is C34H60N6O4. The van der Waals surface area contributed by atoms with Crippen LogP contribution in [0.4, 0.5) is 0 Å². The molecule has 0 heterocycles. The molecule has 0 aliphatic heterocycles. The van der Waals surface area contributed by atoms with Crippen molar-refractivity contribution in [3.63, 3.8) is 0 Å². The van der Waals surface area contributed by atoms with Crippen LogP contribution in [0.5, 0.6) is 0 Å². The van der Waals surface area contributed by atoms with E-state index < -0.39 is 12.1 Å². The second-order valence-electron chi connectivity index (χ2n) is 11.6. The van der Waals surface area contributed by atoms with Crippen LogP contribution in [0.25, 0.3) is 0 Å². The van der Waals surface area contributed by atoms with E-state index in [4.69, 9.17) is 11.5 Å². The number of hydrogen-bond donors (Lipinski definition) is 6. The number of carbonyl (C=O) groups excluding carboxylic acids is 4. The summed E-state index contributed by atoms with van der Waals surface area (Å²) in [5, 5.41) is 11.6. The molecule has 0 aromatic heterocycles. The molecule has 0 aliphatic rings. The Morgan fingerprint density at radius 1 is 0.545 bits per heavy atom. The number of benzene rings is 1. The molecule has 250 valence electrons. The van der Waals surface area contributed by atoms with E-state index in [2.05, 4.69) is 35.1 Å². The second-order valence-corrected chi connectivity index (χ2v) is 11.6. The third kappa shape index (κ3) is 17.3. The van der Waals surface area contributed by atoms with Gasteiger partial charge in [0.15, 0.2) is 0 Å². The Morgan fingerprint density at radius 2 is 0.909 bits per heavy atom. The number of hydrogen-bond acceptors (Lipinski definition) is 6. The number of carbonyl (C=O) groups is 4. The first-order valence-corrected chi connectivity index (χ1v) is 17.0. The van der Waals surface area contributed by atoms with Crippen LogP contribution in [-0.4, -0.2) is 61.9 Å². The van der Waals surface area contributed by atoms with Gasteiger partial charge in [0.2, 0.25) is 11.8 Å². The highest BCUT2D eigenvalue weighted by molar-refractivity contribution is 6.00. The zero-order valence-corrected chi connectivity index (χ0v) is 27.4. The van der Waals surface area contributed by atoms with E-state index in [0.29, 0.717) is 50.1 Å². The van der Waals surface area contributed by atoms with Gasteiger partial charge < -0.3 is 32.7 Å². The van der Waals surface area contributed by atoms with Crippen molar-refractivity contribution in [1.29, 1.82) is 0 Å². The average molecular weight is 617 g/mol. The fourth-order valence-corrected chi connectivity index (χ4v) is 4.91. The van der Waals surface area contributed by atoms with Crippen LogP contribution >= 0.6 is 0 Å². The highest BCUT2D eigenvalue weighted by Crippen LogP contribution is 2.10. The Morgan fingerprint density at radius 3 is 1.25 bits per heavy atom. The van der Waals surface area contributed by atoms with Gasteiger partial charge in [0.05, 0.1) is 0 Å². The molecule has 0 radical (unpaired) electrons. The monoisotopic (exact) mass is 616 g/mol. The minimum atomic E-state index is -0.660. The molecule has 0 saturated carbocycles. The fourth-order valence-electron chi connectivity index (χ4n) is 4.91. The van der Waals surface area contributed by atoms with Gasteiger partial charge in [0.25, 0.3) is 11.8 Å². The van der Waals surface area contributed by atoms with Crippen molar-refractivity contribution in [3.8, 4) is 0 Å². The standard InChI is InChI=1S/C34H60N6O4/c1-3-5-7-9-15-25-37-33(43)29(17-11-13-23-35)39-31(41)27-19-21-28(22-20-27)32(42)40-30(18-12-14-24-36)34(44)38-26-16-10-8-6-4-2/h19-22,29-30H,3-18,23-26,35-36H2,1-2H3,(H,37,43)(H,38,44)(H,39,41)(H,40,42)/t29-,30-/m0/s1. The predicted octanol–water partition coefficient (Wildman–Crippen LogP) is 4.31.